The Hall–Kier alpha value is -2.95. The highest BCUT2D eigenvalue weighted by Crippen LogP contribution is 2.15. The number of aromatic nitrogens is 3. The van der Waals surface area contributed by atoms with Crippen LogP contribution in [0, 0.1) is 6.92 Å². The fourth-order valence-corrected chi connectivity index (χ4v) is 2.55. The van der Waals surface area contributed by atoms with E-state index < -0.39 is 0 Å². The normalized spacial score (nSPS) is 10.9. The molecule has 0 aliphatic carbocycles. The number of carbonyl (C=O) groups is 1. The van der Waals surface area contributed by atoms with Gasteiger partial charge in [-0.05, 0) is 38.5 Å². The standard InChI is InChI=1S/C20H22N4O/c1-14(2)21-20(25)19-22-18(13-16-7-5-4-6-8-16)24(23-19)17-11-9-15(3)10-12-17/h4-12,14H,13H2,1-3H3,(H,21,25). The fraction of sp³-hybridized carbons (Fsp3) is 0.250. The predicted octanol–water partition coefficient (Wildman–Crippen LogP) is 3.30. The number of carbonyl (C=O) groups excluding carboxylic acids is 1. The molecule has 0 aliphatic rings. The van der Waals surface area contributed by atoms with Gasteiger partial charge in [0.25, 0.3) is 5.91 Å². The van der Waals surface area contributed by atoms with E-state index in [0.29, 0.717) is 6.42 Å². The second kappa shape index (κ2) is 7.30. The van der Waals surface area contributed by atoms with Crippen LogP contribution in [0.3, 0.4) is 0 Å². The summed E-state index contributed by atoms with van der Waals surface area (Å²) in [6.45, 7) is 5.87. The quantitative estimate of drug-likeness (QED) is 0.779. The molecule has 0 spiro atoms. The van der Waals surface area contributed by atoms with Crippen LogP contribution < -0.4 is 5.32 Å². The molecule has 5 heteroatoms. The maximum atomic E-state index is 12.3. The SMILES string of the molecule is Cc1ccc(-n2nc(C(=O)NC(C)C)nc2Cc2ccccc2)cc1. The Labute approximate surface area is 147 Å². The molecular weight excluding hydrogens is 312 g/mol. The second-order valence-electron chi connectivity index (χ2n) is 6.39. The summed E-state index contributed by atoms with van der Waals surface area (Å²) >= 11 is 0. The van der Waals surface area contributed by atoms with Crippen LogP contribution in [0.5, 0.6) is 0 Å². The first-order valence-electron chi connectivity index (χ1n) is 8.40. The largest absolute Gasteiger partial charge is 0.347 e. The highest BCUT2D eigenvalue weighted by molar-refractivity contribution is 5.90. The molecule has 25 heavy (non-hydrogen) atoms. The van der Waals surface area contributed by atoms with Crippen LogP contribution in [-0.2, 0) is 6.42 Å². The van der Waals surface area contributed by atoms with E-state index in [-0.39, 0.29) is 17.8 Å². The summed E-state index contributed by atoms with van der Waals surface area (Å²) in [5, 5.41) is 7.30. The fourth-order valence-electron chi connectivity index (χ4n) is 2.55. The zero-order valence-corrected chi connectivity index (χ0v) is 14.7. The molecule has 0 aliphatic heterocycles. The van der Waals surface area contributed by atoms with Crippen molar-refractivity contribution in [2.45, 2.75) is 33.2 Å². The van der Waals surface area contributed by atoms with Crippen molar-refractivity contribution in [3.05, 3.63) is 77.4 Å². The number of nitrogens with one attached hydrogen (secondary N) is 1. The molecule has 1 aromatic heterocycles. The Morgan fingerprint density at radius 2 is 1.76 bits per heavy atom. The zero-order valence-electron chi connectivity index (χ0n) is 14.7. The summed E-state index contributed by atoms with van der Waals surface area (Å²) < 4.78 is 1.75. The molecule has 2 aromatic carbocycles. The van der Waals surface area contributed by atoms with Gasteiger partial charge >= 0.3 is 0 Å². The first-order chi connectivity index (χ1) is 12.0. The maximum Gasteiger partial charge on any atom is 0.291 e. The number of nitrogens with zero attached hydrogens (tertiary/aromatic N) is 3. The minimum atomic E-state index is -0.254. The van der Waals surface area contributed by atoms with Crippen molar-refractivity contribution in [3.63, 3.8) is 0 Å². The molecule has 0 unspecified atom stereocenters. The molecule has 1 amide bonds. The topological polar surface area (TPSA) is 59.8 Å². The Morgan fingerprint density at radius 1 is 1.08 bits per heavy atom. The van der Waals surface area contributed by atoms with E-state index in [2.05, 4.69) is 15.4 Å². The third kappa shape index (κ3) is 4.12. The van der Waals surface area contributed by atoms with Gasteiger partial charge < -0.3 is 5.32 Å². The van der Waals surface area contributed by atoms with Gasteiger partial charge in [-0.2, -0.15) is 0 Å². The van der Waals surface area contributed by atoms with Gasteiger partial charge in [-0.3, -0.25) is 4.79 Å². The summed E-state index contributed by atoms with van der Waals surface area (Å²) in [5.41, 5.74) is 3.19. The van der Waals surface area contributed by atoms with Gasteiger partial charge in [-0.25, -0.2) is 9.67 Å². The maximum absolute atomic E-state index is 12.3. The molecule has 0 fully saturated rings. The third-order valence-corrected chi connectivity index (χ3v) is 3.78. The molecule has 0 atom stereocenters. The van der Waals surface area contributed by atoms with Crippen molar-refractivity contribution in [3.8, 4) is 5.69 Å². The van der Waals surface area contributed by atoms with Crippen LogP contribution in [0.1, 0.15) is 41.4 Å². The van der Waals surface area contributed by atoms with Crippen molar-refractivity contribution in [2.24, 2.45) is 0 Å². The van der Waals surface area contributed by atoms with Gasteiger partial charge in [-0.1, -0.05) is 48.0 Å². The number of aryl methyl sites for hydroxylation is 1. The molecular formula is C20H22N4O. The average Bonchev–Trinajstić information content (AvgIpc) is 3.00. The van der Waals surface area contributed by atoms with E-state index in [0.717, 1.165) is 17.1 Å². The highest BCUT2D eigenvalue weighted by atomic mass is 16.2. The number of amides is 1. The van der Waals surface area contributed by atoms with E-state index in [9.17, 15) is 4.79 Å². The van der Waals surface area contributed by atoms with Gasteiger partial charge in [0, 0.05) is 12.5 Å². The summed E-state index contributed by atoms with van der Waals surface area (Å²) in [4.78, 5) is 16.8. The van der Waals surface area contributed by atoms with E-state index in [1.807, 2.05) is 75.4 Å². The summed E-state index contributed by atoms with van der Waals surface area (Å²) in [6, 6.07) is 18.1. The van der Waals surface area contributed by atoms with Crippen LogP contribution in [0.4, 0.5) is 0 Å². The molecule has 1 N–H and O–H groups in total. The van der Waals surface area contributed by atoms with Gasteiger partial charge in [-0.15, -0.1) is 5.10 Å². The van der Waals surface area contributed by atoms with Crippen molar-refractivity contribution >= 4 is 5.91 Å². The molecule has 5 nitrogen and oxygen atoms in total. The van der Waals surface area contributed by atoms with E-state index in [1.165, 1.54) is 5.56 Å². The van der Waals surface area contributed by atoms with Gasteiger partial charge in [0.1, 0.15) is 5.82 Å². The Kier molecular flexibility index (Phi) is 4.93. The van der Waals surface area contributed by atoms with Crippen molar-refractivity contribution < 1.29 is 4.79 Å². The van der Waals surface area contributed by atoms with Crippen LogP contribution in [0.2, 0.25) is 0 Å². The van der Waals surface area contributed by atoms with Gasteiger partial charge in [0.05, 0.1) is 5.69 Å². The number of hydrogen-bond donors (Lipinski definition) is 1. The Balaban J connectivity index is 1.99. The first kappa shape index (κ1) is 16.9. The number of hydrogen-bond acceptors (Lipinski definition) is 3. The van der Waals surface area contributed by atoms with E-state index in [4.69, 9.17) is 0 Å². The number of benzene rings is 2. The average molecular weight is 334 g/mol. The lowest BCUT2D eigenvalue weighted by Gasteiger charge is -2.06. The number of rotatable bonds is 5. The third-order valence-electron chi connectivity index (χ3n) is 3.78. The lowest BCUT2D eigenvalue weighted by molar-refractivity contribution is 0.0932. The van der Waals surface area contributed by atoms with Crippen molar-refractivity contribution in [1.29, 1.82) is 0 Å². The Bertz CT molecular complexity index is 851. The molecule has 0 bridgehead atoms. The van der Waals surface area contributed by atoms with Crippen LogP contribution in [0.15, 0.2) is 54.6 Å². The van der Waals surface area contributed by atoms with Gasteiger partial charge in [0.2, 0.25) is 5.82 Å². The van der Waals surface area contributed by atoms with E-state index in [1.54, 1.807) is 4.68 Å². The summed E-state index contributed by atoms with van der Waals surface area (Å²) in [7, 11) is 0. The molecule has 3 aromatic rings. The first-order valence-corrected chi connectivity index (χ1v) is 8.40. The second-order valence-corrected chi connectivity index (χ2v) is 6.39. The Morgan fingerprint density at radius 3 is 2.40 bits per heavy atom. The summed E-state index contributed by atoms with van der Waals surface area (Å²) in [6.07, 6.45) is 0.608. The molecule has 3 rings (SSSR count). The van der Waals surface area contributed by atoms with Crippen molar-refractivity contribution in [1.82, 2.24) is 20.1 Å². The zero-order chi connectivity index (χ0) is 17.8. The van der Waals surface area contributed by atoms with Gasteiger partial charge in [0.15, 0.2) is 0 Å². The molecule has 128 valence electrons. The van der Waals surface area contributed by atoms with Crippen molar-refractivity contribution in [2.75, 3.05) is 0 Å². The minimum absolute atomic E-state index is 0.0383. The minimum Gasteiger partial charge on any atom is -0.347 e. The van der Waals surface area contributed by atoms with Crippen LogP contribution in [-0.4, -0.2) is 26.7 Å². The van der Waals surface area contributed by atoms with E-state index >= 15 is 0 Å². The van der Waals surface area contributed by atoms with Crippen LogP contribution in [0.25, 0.3) is 5.69 Å². The predicted molar refractivity (Wildman–Crippen MR) is 97.9 cm³/mol. The van der Waals surface area contributed by atoms with Crippen LogP contribution >= 0.6 is 0 Å². The molecule has 0 radical (unpaired) electrons. The molecule has 0 saturated heterocycles. The smallest absolute Gasteiger partial charge is 0.291 e. The summed E-state index contributed by atoms with van der Waals surface area (Å²) in [5.74, 6) is 0.680. The molecule has 0 saturated carbocycles. The highest BCUT2D eigenvalue weighted by Gasteiger charge is 2.18. The monoisotopic (exact) mass is 334 g/mol. The molecule has 1 heterocycles. The lowest BCUT2D eigenvalue weighted by atomic mass is 10.1. The lowest BCUT2D eigenvalue weighted by Crippen LogP contribution is -2.31.